The van der Waals surface area contributed by atoms with Gasteiger partial charge in [-0.1, -0.05) is 0 Å². The minimum Gasteiger partial charge on any atom is -0.462 e. The van der Waals surface area contributed by atoms with E-state index in [1.807, 2.05) is 0 Å². The van der Waals surface area contributed by atoms with E-state index in [1.165, 1.54) is 12.1 Å². The average molecular weight is 288 g/mol. The molecule has 0 spiro atoms. The molecule has 0 aliphatic heterocycles. The molecule has 0 saturated carbocycles. The van der Waals surface area contributed by atoms with Gasteiger partial charge in [-0.15, -0.1) is 0 Å². The number of ether oxygens (including phenoxy) is 1. The highest BCUT2D eigenvalue weighted by Gasteiger charge is 2.13. The third-order valence-electron chi connectivity index (χ3n) is 3.12. The number of esters is 1. The fourth-order valence-corrected chi connectivity index (χ4v) is 1.98. The van der Waals surface area contributed by atoms with Gasteiger partial charge in [0.05, 0.1) is 23.5 Å². The summed E-state index contributed by atoms with van der Waals surface area (Å²) < 4.78 is 18.0. The summed E-state index contributed by atoms with van der Waals surface area (Å²) in [6.45, 7) is 2.06. The quantitative estimate of drug-likeness (QED) is 0.692. The molecule has 5 heteroatoms. The van der Waals surface area contributed by atoms with Gasteiger partial charge in [-0.05, 0) is 49.4 Å². The zero-order valence-electron chi connectivity index (χ0n) is 12.0. The normalized spacial score (nSPS) is 10.2. The number of hydrogen-bond acceptors (Lipinski definition) is 4. The van der Waals surface area contributed by atoms with Crippen molar-refractivity contribution < 1.29 is 13.9 Å². The summed E-state index contributed by atoms with van der Waals surface area (Å²) in [5.41, 5.74) is 8.34. The van der Waals surface area contributed by atoms with E-state index >= 15 is 0 Å². The molecule has 0 amide bonds. The third kappa shape index (κ3) is 3.31. The maximum absolute atomic E-state index is 13.0. The molecule has 0 aliphatic rings. The van der Waals surface area contributed by atoms with Gasteiger partial charge in [0, 0.05) is 12.7 Å². The SMILES string of the molecule is CCOC(=O)c1ccc(N)c(N(C)c2ccc(F)cc2)c1. The highest BCUT2D eigenvalue weighted by Crippen LogP contribution is 2.30. The zero-order chi connectivity index (χ0) is 15.4. The molecule has 0 atom stereocenters. The second kappa shape index (κ2) is 6.26. The Labute approximate surface area is 122 Å². The van der Waals surface area contributed by atoms with Crippen LogP contribution in [0.25, 0.3) is 0 Å². The number of halogens is 1. The number of benzene rings is 2. The van der Waals surface area contributed by atoms with Crippen LogP contribution in [0.5, 0.6) is 0 Å². The molecule has 2 aromatic carbocycles. The second-order valence-corrected chi connectivity index (χ2v) is 4.53. The number of nitrogen functional groups attached to an aromatic ring is 1. The highest BCUT2D eigenvalue weighted by atomic mass is 19.1. The van der Waals surface area contributed by atoms with Gasteiger partial charge in [-0.2, -0.15) is 0 Å². The van der Waals surface area contributed by atoms with E-state index in [0.717, 1.165) is 5.69 Å². The minimum atomic E-state index is -0.397. The molecule has 110 valence electrons. The number of hydrogen-bond donors (Lipinski definition) is 1. The molecule has 0 heterocycles. The zero-order valence-corrected chi connectivity index (χ0v) is 12.0. The standard InChI is InChI=1S/C16H17FN2O2/c1-3-21-16(20)11-4-9-14(18)15(10-11)19(2)13-7-5-12(17)6-8-13/h4-10H,3,18H2,1-2H3. The van der Waals surface area contributed by atoms with E-state index in [2.05, 4.69) is 0 Å². The summed E-state index contributed by atoms with van der Waals surface area (Å²) in [7, 11) is 1.80. The molecular formula is C16H17FN2O2. The Kier molecular flexibility index (Phi) is 4.42. The van der Waals surface area contributed by atoms with Crippen LogP contribution < -0.4 is 10.6 Å². The van der Waals surface area contributed by atoms with Crippen molar-refractivity contribution in [2.45, 2.75) is 6.92 Å². The lowest BCUT2D eigenvalue weighted by atomic mass is 10.1. The molecule has 0 radical (unpaired) electrons. The molecule has 0 saturated heterocycles. The van der Waals surface area contributed by atoms with Crippen molar-refractivity contribution in [3.8, 4) is 0 Å². The number of nitrogens with two attached hydrogens (primary N) is 1. The maximum Gasteiger partial charge on any atom is 0.338 e. The fraction of sp³-hybridized carbons (Fsp3) is 0.188. The van der Waals surface area contributed by atoms with Crippen molar-refractivity contribution in [2.75, 3.05) is 24.3 Å². The Hall–Kier alpha value is -2.56. The van der Waals surface area contributed by atoms with Crippen LogP contribution in [0.4, 0.5) is 21.5 Å². The maximum atomic E-state index is 13.0. The lowest BCUT2D eigenvalue weighted by Crippen LogP contribution is -2.13. The summed E-state index contributed by atoms with van der Waals surface area (Å²) in [6.07, 6.45) is 0. The van der Waals surface area contributed by atoms with E-state index in [4.69, 9.17) is 10.5 Å². The van der Waals surface area contributed by atoms with Gasteiger partial charge in [0.25, 0.3) is 0 Å². The van der Waals surface area contributed by atoms with Gasteiger partial charge in [-0.25, -0.2) is 9.18 Å². The summed E-state index contributed by atoms with van der Waals surface area (Å²) in [5.74, 6) is -0.702. The van der Waals surface area contributed by atoms with Gasteiger partial charge in [0.2, 0.25) is 0 Å². The lowest BCUT2D eigenvalue weighted by molar-refractivity contribution is 0.0526. The number of carbonyl (C=O) groups is 1. The predicted molar refractivity (Wildman–Crippen MR) is 81.3 cm³/mol. The Morgan fingerprint density at radius 2 is 1.90 bits per heavy atom. The molecule has 4 nitrogen and oxygen atoms in total. The Bertz CT molecular complexity index is 641. The second-order valence-electron chi connectivity index (χ2n) is 4.53. The number of rotatable bonds is 4. The van der Waals surface area contributed by atoms with E-state index in [1.54, 1.807) is 49.2 Å². The van der Waals surface area contributed by atoms with Gasteiger partial charge < -0.3 is 15.4 Å². The van der Waals surface area contributed by atoms with Crippen LogP contribution >= 0.6 is 0 Å². The third-order valence-corrected chi connectivity index (χ3v) is 3.12. The Balaban J connectivity index is 2.35. The van der Waals surface area contributed by atoms with Crippen molar-refractivity contribution >= 4 is 23.0 Å². The van der Waals surface area contributed by atoms with E-state index in [0.29, 0.717) is 23.5 Å². The monoisotopic (exact) mass is 288 g/mol. The first kappa shape index (κ1) is 14.8. The first-order valence-corrected chi connectivity index (χ1v) is 6.59. The number of anilines is 3. The van der Waals surface area contributed by atoms with Crippen LogP contribution in [0.1, 0.15) is 17.3 Å². The molecule has 0 aliphatic carbocycles. The number of carbonyl (C=O) groups excluding carboxylic acids is 1. The van der Waals surface area contributed by atoms with Crippen molar-refractivity contribution in [3.63, 3.8) is 0 Å². The van der Waals surface area contributed by atoms with Crippen molar-refractivity contribution in [2.24, 2.45) is 0 Å². The van der Waals surface area contributed by atoms with Crippen molar-refractivity contribution in [1.82, 2.24) is 0 Å². The van der Waals surface area contributed by atoms with Crippen LogP contribution in [-0.4, -0.2) is 19.6 Å². The molecule has 2 rings (SSSR count). The largest absolute Gasteiger partial charge is 0.462 e. The average Bonchev–Trinajstić information content (AvgIpc) is 2.48. The molecule has 21 heavy (non-hydrogen) atoms. The molecule has 0 fully saturated rings. The summed E-state index contributed by atoms with van der Waals surface area (Å²) >= 11 is 0. The Morgan fingerprint density at radius 1 is 1.24 bits per heavy atom. The summed E-state index contributed by atoms with van der Waals surface area (Å²) in [5, 5.41) is 0. The molecule has 0 bridgehead atoms. The van der Waals surface area contributed by atoms with Gasteiger partial charge >= 0.3 is 5.97 Å². The molecule has 0 unspecified atom stereocenters. The van der Waals surface area contributed by atoms with Crippen LogP contribution in [0.15, 0.2) is 42.5 Å². The minimum absolute atomic E-state index is 0.305. The van der Waals surface area contributed by atoms with E-state index in [-0.39, 0.29) is 5.82 Å². The first-order valence-electron chi connectivity index (χ1n) is 6.59. The molecule has 2 N–H and O–H groups in total. The van der Waals surface area contributed by atoms with Crippen molar-refractivity contribution in [1.29, 1.82) is 0 Å². The Morgan fingerprint density at radius 3 is 2.52 bits per heavy atom. The summed E-state index contributed by atoms with van der Waals surface area (Å²) in [4.78, 5) is 13.6. The fourth-order valence-electron chi connectivity index (χ4n) is 1.98. The molecular weight excluding hydrogens is 271 g/mol. The van der Waals surface area contributed by atoms with Crippen LogP contribution in [0.2, 0.25) is 0 Å². The van der Waals surface area contributed by atoms with E-state index in [9.17, 15) is 9.18 Å². The topological polar surface area (TPSA) is 55.6 Å². The van der Waals surface area contributed by atoms with Crippen LogP contribution in [0, 0.1) is 5.82 Å². The van der Waals surface area contributed by atoms with Gasteiger partial charge in [0.15, 0.2) is 0 Å². The van der Waals surface area contributed by atoms with Gasteiger partial charge in [-0.3, -0.25) is 0 Å². The van der Waals surface area contributed by atoms with Crippen LogP contribution in [0.3, 0.4) is 0 Å². The van der Waals surface area contributed by atoms with Crippen molar-refractivity contribution in [3.05, 3.63) is 53.8 Å². The number of nitrogens with zero attached hydrogens (tertiary/aromatic N) is 1. The molecule has 2 aromatic rings. The van der Waals surface area contributed by atoms with Gasteiger partial charge in [0.1, 0.15) is 5.82 Å². The predicted octanol–water partition coefficient (Wildman–Crippen LogP) is 3.35. The smallest absolute Gasteiger partial charge is 0.338 e. The summed E-state index contributed by atoms with van der Waals surface area (Å²) in [6, 6.07) is 11.0. The van der Waals surface area contributed by atoms with Crippen LogP contribution in [-0.2, 0) is 4.74 Å². The molecule has 0 aromatic heterocycles. The lowest BCUT2D eigenvalue weighted by Gasteiger charge is -2.22. The first-order chi connectivity index (χ1) is 10.0. The van der Waals surface area contributed by atoms with E-state index < -0.39 is 5.97 Å². The highest BCUT2D eigenvalue weighted by molar-refractivity contribution is 5.92.